The number of ether oxygens (including phenoxy) is 1. The number of hydrogen-bond acceptors (Lipinski definition) is 2. The molecule has 0 radical (unpaired) electrons. The summed E-state index contributed by atoms with van der Waals surface area (Å²) >= 11 is 0. The molecular formula is C9H7F5O2. The van der Waals surface area contributed by atoms with Crippen molar-refractivity contribution >= 4 is 0 Å². The van der Waals surface area contributed by atoms with Gasteiger partial charge in [0.1, 0.15) is 17.4 Å². The summed E-state index contributed by atoms with van der Waals surface area (Å²) in [4.78, 5) is 0. The summed E-state index contributed by atoms with van der Waals surface area (Å²) in [6, 6.07) is 1.13. The third-order valence-corrected chi connectivity index (χ3v) is 1.87. The number of alkyl halides is 3. The molecule has 0 aliphatic heterocycles. The van der Waals surface area contributed by atoms with E-state index in [1.165, 1.54) is 0 Å². The summed E-state index contributed by atoms with van der Waals surface area (Å²) in [6.07, 6.45) is -8.32. The fraction of sp³-hybridized carbons (Fsp3) is 0.333. The predicted molar refractivity (Wildman–Crippen MR) is 43.9 cm³/mol. The van der Waals surface area contributed by atoms with E-state index in [9.17, 15) is 22.0 Å². The third-order valence-electron chi connectivity index (χ3n) is 1.87. The van der Waals surface area contributed by atoms with E-state index in [2.05, 4.69) is 4.74 Å². The average Bonchev–Trinajstić information content (AvgIpc) is 2.14. The molecule has 2 nitrogen and oxygen atoms in total. The van der Waals surface area contributed by atoms with Crippen LogP contribution in [0.15, 0.2) is 12.1 Å². The van der Waals surface area contributed by atoms with Gasteiger partial charge in [0.25, 0.3) is 0 Å². The number of methoxy groups -OCH3 is 1. The van der Waals surface area contributed by atoms with Gasteiger partial charge in [0.05, 0.1) is 12.7 Å². The topological polar surface area (TPSA) is 29.5 Å². The molecule has 1 aromatic carbocycles. The van der Waals surface area contributed by atoms with Gasteiger partial charge in [-0.3, -0.25) is 0 Å². The number of rotatable bonds is 2. The zero-order valence-corrected chi connectivity index (χ0v) is 7.98. The van der Waals surface area contributed by atoms with E-state index >= 15 is 0 Å². The van der Waals surface area contributed by atoms with Crippen LogP contribution in [0.1, 0.15) is 11.7 Å². The van der Waals surface area contributed by atoms with Gasteiger partial charge in [-0.2, -0.15) is 13.2 Å². The molecular weight excluding hydrogens is 235 g/mol. The summed E-state index contributed by atoms with van der Waals surface area (Å²) < 4.78 is 66.8. The van der Waals surface area contributed by atoms with Crippen LogP contribution in [-0.2, 0) is 0 Å². The van der Waals surface area contributed by atoms with E-state index in [-0.39, 0.29) is 5.75 Å². The first-order valence-electron chi connectivity index (χ1n) is 4.05. The molecule has 1 atom stereocenters. The minimum atomic E-state index is -5.13. The number of benzene rings is 1. The number of hydrogen-bond donors (Lipinski definition) is 1. The van der Waals surface area contributed by atoms with Crippen molar-refractivity contribution in [3.8, 4) is 5.75 Å². The molecule has 1 rings (SSSR count). The standard InChI is InChI=1S/C9H7F5O2/c1-16-4-2-5(10)7(6(11)3-4)8(15)9(12,13)14/h2-3,8,15H,1H3. The van der Waals surface area contributed by atoms with Crippen LogP contribution in [0.5, 0.6) is 5.75 Å². The van der Waals surface area contributed by atoms with Gasteiger partial charge in [-0.1, -0.05) is 0 Å². The largest absolute Gasteiger partial charge is 0.497 e. The van der Waals surface area contributed by atoms with E-state index in [0.717, 1.165) is 7.11 Å². The highest BCUT2D eigenvalue weighted by Crippen LogP contribution is 2.36. The fourth-order valence-electron chi connectivity index (χ4n) is 1.10. The Hall–Kier alpha value is -1.37. The minimum absolute atomic E-state index is 0.270. The van der Waals surface area contributed by atoms with Crippen LogP contribution in [0.3, 0.4) is 0 Å². The Labute approximate surface area is 87.3 Å². The lowest BCUT2D eigenvalue weighted by Crippen LogP contribution is -2.22. The van der Waals surface area contributed by atoms with Gasteiger partial charge in [0.15, 0.2) is 6.10 Å². The summed E-state index contributed by atoms with van der Waals surface area (Å²) in [7, 11) is 1.11. The maximum atomic E-state index is 13.1. The molecule has 0 fully saturated rings. The zero-order chi connectivity index (χ0) is 12.5. The van der Waals surface area contributed by atoms with Gasteiger partial charge in [-0.25, -0.2) is 8.78 Å². The van der Waals surface area contributed by atoms with E-state index in [0.29, 0.717) is 12.1 Å². The smallest absolute Gasteiger partial charge is 0.418 e. The number of halogens is 5. The van der Waals surface area contributed by atoms with E-state index in [1.807, 2.05) is 0 Å². The second-order valence-corrected chi connectivity index (χ2v) is 2.95. The molecule has 0 bridgehead atoms. The Morgan fingerprint density at radius 1 is 1.19 bits per heavy atom. The first-order chi connectivity index (χ1) is 7.27. The van der Waals surface area contributed by atoms with E-state index in [1.54, 1.807) is 0 Å². The molecule has 90 valence electrons. The summed E-state index contributed by atoms with van der Waals surface area (Å²) in [5, 5.41) is 8.74. The molecule has 16 heavy (non-hydrogen) atoms. The lowest BCUT2D eigenvalue weighted by molar-refractivity contribution is -0.208. The molecule has 7 heteroatoms. The Morgan fingerprint density at radius 2 is 1.62 bits per heavy atom. The lowest BCUT2D eigenvalue weighted by atomic mass is 10.1. The van der Waals surface area contributed by atoms with Crippen molar-refractivity contribution in [2.45, 2.75) is 12.3 Å². The SMILES string of the molecule is COc1cc(F)c(C(O)C(F)(F)F)c(F)c1. The second kappa shape index (κ2) is 4.25. The molecule has 0 spiro atoms. The van der Waals surface area contributed by atoms with Crippen LogP contribution < -0.4 is 4.74 Å². The summed E-state index contributed by atoms with van der Waals surface area (Å²) in [6.45, 7) is 0. The summed E-state index contributed by atoms with van der Waals surface area (Å²) in [5.74, 6) is -3.29. The minimum Gasteiger partial charge on any atom is -0.497 e. The Kier molecular flexibility index (Phi) is 3.37. The Balaban J connectivity index is 3.25. The average molecular weight is 242 g/mol. The molecule has 0 saturated carbocycles. The Morgan fingerprint density at radius 3 is 1.94 bits per heavy atom. The van der Waals surface area contributed by atoms with Gasteiger partial charge in [0.2, 0.25) is 0 Å². The highest BCUT2D eigenvalue weighted by atomic mass is 19.4. The van der Waals surface area contributed by atoms with E-state index < -0.39 is 29.5 Å². The van der Waals surface area contributed by atoms with E-state index in [4.69, 9.17) is 5.11 Å². The maximum Gasteiger partial charge on any atom is 0.418 e. The quantitative estimate of drug-likeness (QED) is 0.807. The van der Waals surface area contributed by atoms with Crippen molar-refractivity contribution in [1.29, 1.82) is 0 Å². The number of aliphatic hydroxyl groups is 1. The molecule has 1 unspecified atom stereocenters. The van der Waals surface area contributed by atoms with Gasteiger partial charge in [-0.05, 0) is 0 Å². The molecule has 0 aliphatic rings. The molecule has 1 N–H and O–H groups in total. The molecule has 0 aliphatic carbocycles. The van der Waals surface area contributed by atoms with Crippen molar-refractivity contribution < 1.29 is 31.8 Å². The molecule has 0 heterocycles. The van der Waals surface area contributed by atoms with Crippen LogP contribution in [0.4, 0.5) is 22.0 Å². The molecule has 0 saturated heterocycles. The van der Waals surface area contributed by atoms with Gasteiger partial charge in [-0.15, -0.1) is 0 Å². The predicted octanol–water partition coefficient (Wildman–Crippen LogP) is 2.57. The van der Waals surface area contributed by atoms with Crippen molar-refractivity contribution in [3.05, 3.63) is 29.3 Å². The van der Waals surface area contributed by atoms with Crippen molar-refractivity contribution in [2.24, 2.45) is 0 Å². The Bertz CT molecular complexity index is 365. The highest BCUT2D eigenvalue weighted by Gasteiger charge is 2.42. The van der Waals surface area contributed by atoms with Crippen LogP contribution in [0.2, 0.25) is 0 Å². The molecule has 0 amide bonds. The monoisotopic (exact) mass is 242 g/mol. The number of aliphatic hydroxyl groups excluding tert-OH is 1. The van der Waals surface area contributed by atoms with Crippen LogP contribution >= 0.6 is 0 Å². The van der Waals surface area contributed by atoms with Gasteiger partial charge in [0, 0.05) is 12.1 Å². The lowest BCUT2D eigenvalue weighted by Gasteiger charge is -2.16. The van der Waals surface area contributed by atoms with Crippen LogP contribution in [0, 0.1) is 11.6 Å². The third kappa shape index (κ3) is 2.41. The first kappa shape index (κ1) is 12.7. The van der Waals surface area contributed by atoms with Crippen LogP contribution in [-0.4, -0.2) is 18.4 Å². The van der Waals surface area contributed by atoms with Crippen molar-refractivity contribution in [3.63, 3.8) is 0 Å². The van der Waals surface area contributed by atoms with Crippen molar-refractivity contribution in [2.75, 3.05) is 7.11 Å². The second-order valence-electron chi connectivity index (χ2n) is 2.95. The van der Waals surface area contributed by atoms with Crippen molar-refractivity contribution in [1.82, 2.24) is 0 Å². The highest BCUT2D eigenvalue weighted by molar-refractivity contribution is 5.32. The maximum absolute atomic E-state index is 13.1. The van der Waals surface area contributed by atoms with Crippen LogP contribution in [0.25, 0.3) is 0 Å². The van der Waals surface area contributed by atoms with Gasteiger partial charge >= 0.3 is 6.18 Å². The first-order valence-corrected chi connectivity index (χ1v) is 4.05. The zero-order valence-electron chi connectivity index (χ0n) is 7.98. The molecule has 1 aromatic rings. The normalized spacial score (nSPS) is 13.7. The van der Waals surface area contributed by atoms with Gasteiger partial charge < -0.3 is 9.84 Å². The molecule has 0 aromatic heterocycles. The fourth-order valence-corrected chi connectivity index (χ4v) is 1.10. The summed E-state index contributed by atoms with van der Waals surface area (Å²) in [5.41, 5.74) is -1.44.